The van der Waals surface area contributed by atoms with Crippen molar-refractivity contribution in [1.82, 2.24) is 5.32 Å². The summed E-state index contributed by atoms with van der Waals surface area (Å²) in [4.78, 5) is 10.8. The van der Waals surface area contributed by atoms with Crippen LogP contribution in [0.15, 0.2) is 69.6 Å². The molecule has 0 radical (unpaired) electrons. The van der Waals surface area contributed by atoms with Crippen molar-refractivity contribution in [2.75, 3.05) is 0 Å². The average molecular weight is 423 g/mol. The first-order chi connectivity index (χ1) is 11.6. The Bertz CT molecular complexity index is 829. The number of carboxylic acids is 1. The molecule has 0 unspecified atom stereocenters. The molecule has 0 fully saturated rings. The monoisotopic (exact) mass is 421 g/mol. The van der Waals surface area contributed by atoms with Crippen molar-refractivity contribution >= 4 is 34.3 Å². The van der Waals surface area contributed by atoms with Crippen LogP contribution in [0.1, 0.15) is 21.7 Å². The van der Waals surface area contributed by atoms with Gasteiger partial charge in [0, 0.05) is 16.6 Å². The second-order valence-electron chi connectivity index (χ2n) is 5.38. The van der Waals surface area contributed by atoms with Crippen molar-refractivity contribution in [2.45, 2.75) is 13.1 Å². The van der Waals surface area contributed by atoms with Crippen LogP contribution >= 0.6 is 28.3 Å². The lowest BCUT2D eigenvalue weighted by Gasteiger charge is -2.04. The minimum absolute atomic E-state index is 0. The maximum atomic E-state index is 10.8. The van der Waals surface area contributed by atoms with Crippen molar-refractivity contribution in [3.8, 4) is 11.3 Å². The van der Waals surface area contributed by atoms with Crippen LogP contribution in [-0.2, 0) is 13.1 Å². The predicted octanol–water partition coefficient (Wildman–Crippen LogP) is 5.12. The minimum atomic E-state index is -0.912. The van der Waals surface area contributed by atoms with Gasteiger partial charge in [-0.1, -0.05) is 40.2 Å². The summed E-state index contributed by atoms with van der Waals surface area (Å²) < 4.78 is 6.88. The molecular weight excluding hydrogens is 406 g/mol. The Kier molecular flexibility index (Phi) is 6.82. The molecule has 2 N–H and O–H groups in total. The molecule has 1 aromatic heterocycles. The molecule has 4 nitrogen and oxygen atoms in total. The van der Waals surface area contributed by atoms with Crippen LogP contribution in [0.4, 0.5) is 0 Å². The number of carbonyl (C=O) groups is 1. The molecular formula is C19H17BrClNO3. The molecule has 0 bridgehead atoms. The van der Waals surface area contributed by atoms with E-state index in [4.69, 9.17) is 9.52 Å². The zero-order chi connectivity index (χ0) is 16.9. The molecule has 6 heteroatoms. The first-order valence-electron chi connectivity index (χ1n) is 7.49. The van der Waals surface area contributed by atoms with Gasteiger partial charge in [0.05, 0.1) is 12.1 Å². The lowest BCUT2D eigenvalue weighted by molar-refractivity contribution is 0.0697. The quantitative estimate of drug-likeness (QED) is 0.579. The Morgan fingerprint density at radius 2 is 1.64 bits per heavy atom. The van der Waals surface area contributed by atoms with Crippen LogP contribution in [-0.4, -0.2) is 11.1 Å². The Morgan fingerprint density at radius 1 is 0.960 bits per heavy atom. The largest absolute Gasteiger partial charge is 0.478 e. The highest BCUT2D eigenvalue weighted by atomic mass is 79.9. The summed E-state index contributed by atoms with van der Waals surface area (Å²) in [6.45, 7) is 1.26. The van der Waals surface area contributed by atoms with Crippen molar-refractivity contribution < 1.29 is 14.3 Å². The fourth-order valence-corrected chi connectivity index (χ4v) is 2.60. The van der Waals surface area contributed by atoms with Crippen LogP contribution in [0, 0.1) is 0 Å². The van der Waals surface area contributed by atoms with E-state index >= 15 is 0 Å². The summed E-state index contributed by atoms with van der Waals surface area (Å²) in [7, 11) is 0. The van der Waals surface area contributed by atoms with E-state index in [1.54, 1.807) is 12.1 Å². The number of rotatable bonds is 6. The average Bonchev–Trinajstić information content (AvgIpc) is 3.05. The summed E-state index contributed by atoms with van der Waals surface area (Å²) in [5, 5.41) is 12.2. The summed E-state index contributed by atoms with van der Waals surface area (Å²) in [5.41, 5.74) is 2.36. The highest BCUT2D eigenvalue weighted by Crippen LogP contribution is 2.24. The van der Waals surface area contributed by atoms with Crippen LogP contribution in [0.3, 0.4) is 0 Å². The number of nitrogens with one attached hydrogen (secondary N) is 1. The number of furan rings is 1. The van der Waals surface area contributed by atoms with Crippen molar-refractivity contribution in [3.63, 3.8) is 0 Å². The first-order valence-corrected chi connectivity index (χ1v) is 8.29. The van der Waals surface area contributed by atoms with Crippen LogP contribution in [0.2, 0.25) is 0 Å². The number of carboxylic acid groups (broad SMARTS) is 1. The maximum Gasteiger partial charge on any atom is 0.335 e. The predicted molar refractivity (Wildman–Crippen MR) is 103 cm³/mol. The molecule has 0 spiro atoms. The Morgan fingerprint density at radius 3 is 2.28 bits per heavy atom. The van der Waals surface area contributed by atoms with Crippen LogP contribution < -0.4 is 5.32 Å². The fourth-order valence-electron chi connectivity index (χ4n) is 2.34. The highest BCUT2D eigenvalue weighted by Gasteiger charge is 2.05. The Hall–Kier alpha value is -2.08. The normalized spacial score (nSPS) is 10.3. The molecule has 130 valence electrons. The van der Waals surface area contributed by atoms with Gasteiger partial charge in [0.2, 0.25) is 0 Å². The van der Waals surface area contributed by atoms with Gasteiger partial charge in [-0.3, -0.25) is 0 Å². The van der Waals surface area contributed by atoms with Gasteiger partial charge in [0.15, 0.2) is 0 Å². The van der Waals surface area contributed by atoms with E-state index in [0.29, 0.717) is 18.7 Å². The molecule has 0 aliphatic rings. The minimum Gasteiger partial charge on any atom is -0.478 e. The third kappa shape index (κ3) is 5.19. The van der Waals surface area contributed by atoms with E-state index in [1.807, 2.05) is 48.5 Å². The molecule has 0 saturated carbocycles. The third-order valence-corrected chi connectivity index (χ3v) is 4.15. The summed E-state index contributed by atoms with van der Waals surface area (Å²) >= 11 is 3.42. The fraction of sp³-hybridized carbons (Fsp3) is 0.105. The number of hydrogen-bond donors (Lipinski definition) is 2. The van der Waals surface area contributed by atoms with Crippen molar-refractivity contribution in [3.05, 3.63) is 82.0 Å². The van der Waals surface area contributed by atoms with Gasteiger partial charge in [-0.2, -0.15) is 0 Å². The first kappa shape index (κ1) is 19.2. The molecule has 3 rings (SSSR count). The van der Waals surface area contributed by atoms with Crippen molar-refractivity contribution in [1.29, 1.82) is 0 Å². The zero-order valence-corrected chi connectivity index (χ0v) is 15.6. The number of benzene rings is 2. The molecule has 3 aromatic rings. The van der Waals surface area contributed by atoms with Gasteiger partial charge < -0.3 is 14.8 Å². The number of halogens is 2. The second-order valence-corrected chi connectivity index (χ2v) is 6.29. The van der Waals surface area contributed by atoms with E-state index in [9.17, 15) is 4.79 Å². The van der Waals surface area contributed by atoms with E-state index in [1.165, 1.54) is 0 Å². The Balaban J connectivity index is 0.00000225. The molecule has 1 heterocycles. The van der Waals surface area contributed by atoms with Crippen molar-refractivity contribution in [2.24, 2.45) is 0 Å². The smallest absolute Gasteiger partial charge is 0.335 e. The lowest BCUT2D eigenvalue weighted by Crippen LogP contribution is -2.12. The summed E-state index contributed by atoms with van der Waals surface area (Å²) in [6.07, 6.45) is 0. The van der Waals surface area contributed by atoms with Gasteiger partial charge in [0.25, 0.3) is 0 Å². The maximum absolute atomic E-state index is 10.8. The van der Waals surface area contributed by atoms with Gasteiger partial charge in [0.1, 0.15) is 11.5 Å². The van der Waals surface area contributed by atoms with Crippen LogP contribution in [0.25, 0.3) is 11.3 Å². The number of aromatic carboxylic acids is 1. The molecule has 2 aromatic carbocycles. The summed E-state index contributed by atoms with van der Waals surface area (Å²) in [6, 6.07) is 18.7. The van der Waals surface area contributed by atoms with E-state index in [0.717, 1.165) is 27.1 Å². The Labute approximate surface area is 160 Å². The van der Waals surface area contributed by atoms with Gasteiger partial charge >= 0.3 is 5.97 Å². The summed E-state index contributed by atoms with van der Waals surface area (Å²) in [5.74, 6) is 0.783. The standard InChI is InChI=1S/C19H16BrNO3.ClH/c20-16-7-5-14(6-8-16)18-10-9-17(24-18)12-21-11-13-1-3-15(4-2-13)19(22)23;/h1-10,21H,11-12H2,(H,22,23);1H. The van der Waals surface area contributed by atoms with E-state index in [2.05, 4.69) is 21.2 Å². The van der Waals surface area contributed by atoms with Gasteiger partial charge in [-0.05, 0) is 42.0 Å². The molecule has 0 atom stereocenters. The molecule has 0 aliphatic carbocycles. The molecule has 0 amide bonds. The molecule has 25 heavy (non-hydrogen) atoms. The lowest BCUT2D eigenvalue weighted by atomic mass is 10.1. The van der Waals surface area contributed by atoms with E-state index in [-0.39, 0.29) is 12.4 Å². The van der Waals surface area contributed by atoms with Crippen LogP contribution in [0.5, 0.6) is 0 Å². The number of hydrogen-bond acceptors (Lipinski definition) is 3. The van der Waals surface area contributed by atoms with Gasteiger partial charge in [-0.15, -0.1) is 12.4 Å². The SMILES string of the molecule is Cl.O=C(O)c1ccc(CNCc2ccc(-c3ccc(Br)cc3)o2)cc1. The molecule has 0 saturated heterocycles. The topological polar surface area (TPSA) is 62.5 Å². The third-order valence-electron chi connectivity index (χ3n) is 3.62. The van der Waals surface area contributed by atoms with E-state index < -0.39 is 5.97 Å². The van der Waals surface area contributed by atoms with Gasteiger partial charge in [-0.25, -0.2) is 4.79 Å². The zero-order valence-electron chi connectivity index (χ0n) is 13.2. The molecule has 0 aliphatic heterocycles. The second kappa shape index (κ2) is 8.85. The highest BCUT2D eigenvalue weighted by molar-refractivity contribution is 9.10.